The van der Waals surface area contributed by atoms with Gasteiger partial charge in [0.25, 0.3) is 0 Å². The van der Waals surface area contributed by atoms with Crippen molar-refractivity contribution in [1.82, 2.24) is 4.98 Å². The predicted molar refractivity (Wildman–Crippen MR) is 57.7 cm³/mol. The Labute approximate surface area is 87.1 Å². The number of halogens is 1. The molecule has 3 heteroatoms. The number of carbonyl (C=O) groups excluding carboxylic acids is 1. The van der Waals surface area contributed by atoms with Gasteiger partial charge in [0.1, 0.15) is 5.82 Å². The fourth-order valence-corrected chi connectivity index (χ4v) is 1.81. The smallest absolute Gasteiger partial charge is 0.152 e. The van der Waals surface area contributed by atoms with Gasteiger partial charge in [-0.1, -0.05) is 26.0 Å². The largest absolute Gasteiger partial charge is 0.355 e. The Kier molecular flexibility index (Phi) is 2.31. The van der Waals surface area contributed by atoms with E-state index in [0.717, 1.165) is 12.0 Å². The van der Waals surface area contributed by atoms with Crippen molar-refractivity contribution in [3.63, 3.8) is 0 Å². The fraction of sp³-hybridized carbons (Fsp3) is 0.250. The first-order chi connectivity index (χ1) is 7.15. The van der Waals surface area contributed by atoms with Gasteiger partial charge >= 0.3 is 0 Å². The maximum absolute atomic E-state index is 13.4. The molecule has 0 unspecified atom stereocenters. The zero-order valence-electron chi connectivity index (χ0n) is 8.67. The Morgan fingerprint density at radius 3 is 2.73 bits per heavy atom. The highest BCUT2D eigenvalue weighted by Crippen LogP contribution is 2.27. The van der Waals surface area contributed by atoms with E-state index in [0.29, 0.717) is 16.5 Å². The van der Waals surface area contributed by atoms with Gasteiger partial charge in [-0.05, 0) is 12.0 Å². The minimum Gasteiger partial charge on any atom is -0.355 e. The standard InChI is InChI=1S/C12H12FNO/c1-7(2)11-9(6-15)8-4-3-5-10(13)12(8)14-11/h3-7,14H,1-2H3. The van der Waals surface area contributed by atoms with Crippen LogP contribution in [-0.4, -0.2) is 11.3 Å². The van der Waals surface area contributed by atoms with Crippen molar-refractivity contribution in [2.24, 2.45) is 0 Å². The molecule has 1 heterocycles. The van der Waals surface area contributed by atoms with E-state index >= 15 is 0 Å². The number of benzene rings is 1. The number of carbonyl (C=O) groups is 1. The average Bonchev–Trinajstić information content (AvgIpc) is 2.57. The predicted octanol–water partition coefficient (Wildman–Crippen LogP) is 3.24. The molecule has 0 aliphatic rings. The molecule has 2 nitrogen and oxygen atoms in total. The van der Waals surface area contributed by atoms with E-state index in [1.54, 1.807) is 12.1 Å². The van der Waals surface area contributed by atoms with Crippen LogP contribution >= 0.6 is 0 Å². The van der Waals surface area contributed by atoms with E-state index < -0.39 is 0 Å². The lowest BCUT2D eigenvalue weighted by molar-refractivity contribution is 0.112. The summed E-state index contributed by atoms with van der Waals surface area (Å²) in [5.74, 6) is -0.139. The van der Waals surface area contributed by atoms with Crippen molar-refractivity contribution in [2.45, 2.75) is 19.8 Å². The van der Waals surface area contributed by atoms with Crippen LogP contribution in [0.1, 0.15) is 35.8 Å². The van der Waals surface area contributed by atoms with Crippen LogP contribution in [-0.2, 0) is 0 Å². The highest BCUT2D eigenvalue weighted by atomic mass is 19.1. The van der Waals surface area contributed by atoms with Crippen LogP contribution in [0.25, 0.3) is 10.9 Å². The van der Waals surface area contributed by atoms with E-state index in [-0.39, 0.29) is 11.7 Å². The lowest BCUT2D eigenvalue weighted by Crippen LogP contribution is -1.92. The molecule has 0 atom stereocenters. The van der Waals surface area contributed by atoms with E-state index in [1.807, 2.05) is 13.8 Å². The number of aromatic amines is 1. The third-order valence-electron chi connectivity index (χ3n) is 2.55. The second-order valence-electron chi connectivity index (χ2n) is 3.89. The minimum absolute atomic E-state index is 0.178. The minimum atomic E-state index is -0.317. The van der Waals surface area contributed by atoms with Crippen LogP contribution in [0.15, 0.2) is 18.2 Å². The van der Waals surface area contributed by atoms with E-state index in [1.165, 1.54) is 6.07 Å². The zero-order chi connectivity index (χ0) is 11.0. The molecule has 2 rings (SSSR count). The molecule has 78 valence electrons. The van der Waals surface area contributed by atoms with Gasteiger partial charge < -0.3 is 4.98 Å². The number of aromatic nitrogens is 1. The first-order valence-corrected chi connectivity index (χ1v) is 4.90. The third kappa shape index (κ3) is 1.44. The molecule has 0 bridgehead atoms. The molecule has 0 spiro atoms. The first kappa shape index (κ1) is 9.90. The number of rotatable bonds is 2. The monoisotopic (exact) mass is 205 g/mol. The summed E-state index contributed by atoms with van der Waals surface area (Å²) in [6.45, 7) is 3.94. The number of hydrogen-bond donors (Lipinski definition) is 1. The SMILES string of the molecule is CC(C)c1[nH]c2c(F)cccc2c1C=O. The van der Waals surface area contributed by atoms with E-state index in [9.17, 15) is 9.18 Å². The van der Waals surface area contributed by atoms with Gasteiger partial charge in [-0.15, -0.1) is 0 Å². The summed E-state index contributed by atoms with van der Waals surface area (Å²) in [4.78, 5) is 14.0. The Hall–Kier alpha value is -1.64. The van der Waals surface area contributed by atoms with Crippen LogP contribution in [0, 0.1) is 5.82 Å². The Balaban J connectivity index is 2.84. The van der Waals surface area contributed by atoms with E-state index in [4.69, 9.17) is 0 Å². The van der Waals surface area contributed by atoms with Crippen LogP contribution in [0.2, 0.25) is 0 Å². The molecule has 15 heavy (non-hydrogen) atoms. The lowest BCUT2D eigenvalue weighted by atomic mass is 10.0. The van der Waals surface area contributed by atoms with Gasteiger partial charge in [0.2, 0.25) is 0 Å². The molecule has 1 N–H and O–H groups in total. The third-order valence-corrected chi connectivity index (χ3v) is 2.55. The molecular formula is C12H12FNO. The van der Waals surface area contributed by atoms with Crippen LogP contribution in [0.3, 0.4) is 0 Å². The van der Waals surface area contributed by atoms with E-state index in [2.05, 4.69) is 4.98 Å². The van der Waals surface area contributed by atoms with Crippen molar-refractivity contribution in [3.05, 3.63) is 35.3 Å². The molecule has 1 aromatic carbocycles. The zero-order valence-corrected chi connectivity index (χ0v) is 8.67. The molecule has 2 aromatic rings. The first-order valence-electron chi connectivity index (χ1n) is 4.90. The van der Waals surface area contributed by atoms with Gasteiger partial charge in [0, 0.05) is 16.6 Å². The van der Waals surface area contributed by atoms with Gasteiger partial charge in [-0.3, -0.25) is 4.79 Å². The highest BCUT2D eigenvalue weighted by Gasteiger charge is 2.15. The van der Waals surface area contributed by atoms with Crippen LogP contribution < -0.4 is 0 Å². The molecule has 0 saturated heterocycles. The summed E-state index contributed by atoms with van der Waals surface area (Å²) in [5, 5.41) is 0.661. The van der Waals surface area contributed by atoms with Crippen LogP contribution in [0.5, 0.6) is 0 Å². The molecule has 0 saturated carbocycles. The number of fused-ring (bicyclic) bond motifs is 1. The summed E-state index contributed by atoms with van der Waals surface area (Å²) in [6, 6.07) is 4.75. The number of aldehydes is 1. The number of hydrogen-bond acceptors (Lipinski definition) is 1. The topological polar surface area (TPSA) is 32.9 Å². The number of nitrogens with one attached hydrogen (secondary N) is 1. The maximum Gasteiger partial charge on any atom is 0.152 e. The molecule has 0 fully saturated rings. The number of H-pyrrole nitrogens is 1. The Bertz CT molecular complexity index is 514. The highest BCUT2D eigenvalue weighted by molar-refractivity contribution is 5.99. The Morgan fingerprint density at radius 1 is 1.40 bits per heavy atom. The molecule has 0 aliphatic heterocycles. The van der Waals surface area contributed by atoms with Crippen molar-refractivity contribution < 1.29 is 9.18 Å². The summed E-state index contributed by atoms with van der Waals surface area (Å²) in [6.07, 6.45) is 0.785. The molecular weight excluding hydrogens is 193 g/mol. The normalized spacial score (nSPS) is 11.2. The molecule has 0 amide bonds. The summed E-state index contributed by atoms with van der Waals surface area (Å²) < 4.78 is 13.4. The quantitative estimate of drug-likeness (QED) is 0.750. The molecule has 1 aromatic heterocycles. The lowest BCUT2D eigenvalue weighted by Gasteiger charge is -2.01. The maximum atomic E-state index is 13.4. The second-order valence-corrected chi connectivity index (χ2v) is 3.89. The second kappa shape index (κ2) is 3.50. The molecule has 0 aliphatic carbocycles. The molecule has 0 radical (unpaired) electrons. The fourth-order valence-electron chi connectivity index (χ4n) is 1.81. The van der Waals surface area contributed by atoms with Crippen molar-refractivity contribution in [2.75, 3.05) is 0 Å². The van der Waals surface area contributed by atoms with Gasteiger partial charge in [-0.25, -0.2) is 4.39 Å². The van der Waals surface area contributed by atoms with Gasteiger partial charge in [0.15, 0.2) is 6.29 Å². The van der Waals surface area contributed by atoms with Crippen LogP contribution in [0.4, 0.5) is 4.39 Å². The summed E-state index contributed by atoms with van der Waals surface area (Å²) >= 11 is 0. The Morgan fingerprint density at radius 2 is 2.13 bits per heavy atom. The van der Waals surface area contributed by atoms with Crippen molar-refractivity contribution in [1.29, 1.82) is 0 Å². The van der Waals surface area contributed by atoms with Gasteiger partial charge in [0.05, 0.1) is 5.52 Å². The van der Waals surface area contributed by atoms with Gasteiger partial charge in [-0.2, -0.15) is 0 Å². The van der Waals surface area contributed by atoms with Crippen molar-refractivity contribution in [3.8, 4) is 0 Å². The number of para-hydroxylation sites is 1. The summed E-state index contributed by atoms with van der Waals surface area (Å²) in [5.41, 5.74) is 1.79. The summed E-state index contributed by atoms with van der Waals surface area (Å²) in [7, 11) is 0. The van der Waals surface area contributed by atoms with Crippen molar-refractivity contribution >= 4 is 17.2 Å². The average molecular weight is 205 g/mol.